The Morgan fingerprint density at radius 1 is 1.25 bits per heavy atom. The zero-order valence-corrected chi connectivity index (χ0v) is 8.17. The van der Waals surface area contributed by atoms with Crippen molar-refractivity contribution in [2.45, 2.75) is 30.1 Å². The van der Waals surface area contributed by atoms with E-state index in [0.29, 0.717) is 0 Å². The predicted molar refractivity (Wildman–Crippen MR) is 39.2 cm³/mol. The molecule has 0 aromatic heterocycles. The van der Waals surface area contributed by atoms with Gasteiger partial charge in [0.05, 0.1) is 0 Å². The third kappa shape index (κ3) is 6.54. The minimum absolute atomic E-state index is 1.20. The van der Waals surface area contributed by atoms with Crippen LogP contribution in [0.3, 0.4) is 0 Å². The van der Waals surface area contributed by atoms with Crippen LogP contribution in [0.5, 0.6) is 0 Å². The van der Waals surface area contributed by atoms with Crippen LogP contribution in [0.25, 0.3) is 0 Å². The van der Waals surface area contributed by atoms with E-state index in [0.717, 1.165) is 0 Å². The van der Waals surface area contributed by atoms with Crippen molar-refractivity contribution >= 4 is 22.5 Å². The molecule has 0 fully saturated rings. The van der Waals surface area contributed by atoms with Gasteiger partial charge in [-0.25, -0.2) is 0 Å². The van der Waals surface area contributed by atoms with Crippen molar-refractivity contribution in [3.8, 4) is 0 Å². The molecule has 0 aliphatic rings. The number of hydrogen-bond donors (Lipinski definition) is 0. The molecule has 8 heavy (non-hydrogen) atoms. The predicted octanol–water partition coefficient (Wildman–Crippen LogP) is 2.32. The molecule has 0 saturated heterocycles. The molecule has 3 radical (unpaired) electrons. The number of hydrogen-bond acceptors (Lipinski definition) is 0. The van der Waals surface area contributed by atoms with E-state index in [2.05, 4.69) is 6.58 Å². The summed E-state index contributed by atoms with van der Waals surface area (Å²) >= 11 is 1.68. The van der Waals surface area contributed by atoms with E-state index in [-0.39, 0.29) is 0 Å². The van der Waals surface area contributed by atoms with Crippen molar-refractivity contribution < 1.29 is 0 Å². The first-order valence-corrected chi connectivity index (χ1v) is 5.19. The molecule has 45 valence electrons. The standard InChI is InChI=1S/C7H13.Sn/c1-3-5-7-6-4-2;/h3H,1-2,4-7H2;. The van der Waals surface area contributed by atoms with Crippen LogP contribution in [0.4, 0.5) is 0 Å². The normalized spacial score (nSPS) is 9.12. The number of allylic oxidation sites excluding steroid dienone is 1. The Morgan fingerprint density at radius 2 is 2.00 bits per heavy atom. The molecule has 0 spiro atoms. The summed E-state index contributed by atoms with van der Waals surface area (Å²) in [7, 11) is 0. The Labute approximate surface area is 65.4 Å². The van der Waals surface area contributed by atoms with Gasteiger partial charge < -0.3 is 0 Å². The maximum atomic E-state index is 3.66. The van der Waals surface area contributed by atoms with Gasteiger partial charge in [0, 0.05) is 0 Å². The van der Waals surface area contributed by atoms with Crippen LogP contribution in [0, 0.1) is 0 Å². The van der Waals surface area contributed by atoms with Gasteiger partial charge in [0.15, 0.2) is 0 Å². The molecule has 0 atom stereocenters. The van der Waals surface area contributed by atoms with Crippen molar-refractivity contribution in [2.75, 3.05) is 0 Å². The fraction of sp³-hybridized carbons (Fsp3) is 0.714. The summed E-state index contributed by atoms with van der Waals surface area (Å²) in [6.07, 6.45) is 7.38. The zero-order valence-electron chi connectivity index (χ0n) is 5.32. The molecule has 0 unspecified atom stereocenters. The maximum absolute atomic E-state index is 3.66. The minimum atomic E-state index is 1.20. The van der Waals surface area contributed by atoms with Gasteiger partial charge >= 0.3 is 65.3 Å². The molecule has 0 N–H and O–H groups in total. The second kappa shape index (κ2) is 7.54. The van der Waals surface area contributed by atoms with E-state index < -0.39 is 0 Å². The molecule has 0 bridgehead atoms. The summed E-state index contributed by atoms with van der Waals surface area (Å²) in [4.78, 5) is 0. The van der Waals surface area contributed by atoms with Crippen LogP contribution in [-0.4, -0.2) is 22.5 Å². The Balaban J connectivity index is 2.62. The SMILES string of the molecule is C=CCCCC[CH2][Sn]. The first kappa shape index (κ1) is 8.54. The second-order valence-corrected chi connectivity index (χ2v) is 3.32. The van der Waals surface area contributed by atoms with Crippen molar-refractivity contribution in [1.29, 1.82) is 0 Å². The van der Waals surface area contributed by atoms with Crippen molar-refractivity contribution in [1.82, 2.24) is 0 Å². The van der Waals surface area contributed by atoms with Crippen LogP contribution in [0.1, 0.15) is 25.7 Å². The third-order valence-electron chi connectivity index (χ3n) is 1.09. The molecule has 0 rings (SSSR count). The van der Waals surface area contributed by atoms with E-state index in [1.54, 1.807) is 22.5 Å². The molecule has 0 amide bonds. The Morgan fingerprint density at radius 3 is 2.50 bits per heavy atom. The summed E-state index contributed by atoms with van der Waals surface area (Å²) in [5, 5.41) is 0. The van der Waals surface area contributed by atoms with Gasteiger partial charge in [0.2, 0.25) is 0 Å². The average molecular weight is 216 g/mol. The summed E-state index contributed by atoms with van der Waals surface area (Å²) in [5.74, 6) is 0. The van der Waals surface area contributed by atoms with E-state index in [1.807, 2.05) is 6.08 Å². The topological polar surface area (TPSA) is 0 Å². The van der Waals surface area contributed by atoms with Gasteiger partial charge in [0.25, 0.3) is 0 Å². The summed E-state index contributed by atoms with van der Waals surface area (Å²) in [6, 6.07) is 0. The van der Waals surface area contributed by atoms with Gasteiger partial charge in [-0.15, -0.1) is 0 Å². The van der Waals surface area contributed by atoms with Crippen LogP contribution >= 0.6 is 0 Å². The molecule has 0 aliphatic carbocycles. The zero-order chi connectivity index (χ0) is 6.24. The van der Waals surface area contributed by atoms with Crippen LogP contribution < -0.4 is 0 Å². The second-order valence-electron chi connectivity index (χ2n) is 1.89. The molecule has 0 nitrogen and oxygen atoms in total. The Bertz CT molecular complexity index is 50.3. The summed E-state index contributed by atoms with van der Waals surface area (Å²) in [6.45, 7) is 3.66. The van der Waals surface area contributed by atoms with Gasteiger partial charge in [-0.2, -0.15) is 0 Å². The monoisotopic (exact) mass is 217 g/mol. The van der Waals surface area contributed by atoms with Crippen molar-refractivity contribution in [3.05, 3.63) is 12.7 Å². The quantitative estimate of drug-likeness (QED) is 0.375. The molecule has 0 aromatic rings. The average Bonchev–Trinajstić information content (AvgIpc) is 1.81. The van der Waals surface area contributed by atoms with Crippen LogP contribution in [-0.2, 0) is 0 Å². The summed E-state index contributed by atoms with van der Waals surface area (Å²) in [5.41, 5.74) is 0. The molecule has 0 heterocycles. The van der Waals surface area contributed by atoms with E-state index in [1.165, 1.54) is 30.1 Å². The van der Waals surface area contributed by atoms with E-state index in [9.17, 15) is 0 Å². The van der Waals surface area contributed by atoms with E-state index in [4.69, 9.17) is 0 Å². The van der Waals surface area contributed by atoms with Crippen molar-refractivity contribution in [3.63, 3.8) is 0 Å². The van der Waals surface area contributed by atoms with Crippen LogP contribution in [0.15, 0.2) is 12.7 Å². The number of rotatable bonds is 5. The first-order valence-electron chi connectivity index (χ1n) is 3.17. The third-order valence-corrected chi connectivity index (χ3v) is 2.09. The Kier molecular flexibility index (Phi) is 8.05. The molecule has 0 aliphatic heterocycles. The molecule has 0 aromatic carbocycles. The fourth-order valence-electron chi connectivity index (χ4n) is 0.590. The first-order chi connectivity index (χ1) is 3.91. The van der Waals surface area contributed by atoms with E-state index >= 15 is 0 Å². The molecule has 1 heteroatoms. The van der Waals surface area contributed by atoms with Crippen LogP contribution in [0.2, 0.25) is 4.44 Å². The number of unbranched alkanes of at least 4 members (excludes halogenated alkanes) is 3. The summed E-state index contributed by atoms with van der Waals surface area (Å²) < 4.78 is 1.42. The van der Waals surface area contributed by atoms with Gasteiger partial charge in [0.1, 0.15) is 0 Å². The molecule has 0 saturated carbocycles. The fourth-order valence-corrected chi connectivity index (χ4v) is 1.30. The Hall–Kier alpha value is 0.539. The van der Waals surface area contributed by atoms with Gasteiger partial charge in [-0.1, -0.05) is 0 Å². The van der Waals surface area contributed by atoms with Crippen molar-refractivity contribution in [2.24, 2.45) is 0 Å². The molecular weight excluding hydrogens is 203 g/mol. The van der Waals surface area contributed by atoms with Gasteiger partial charge in [-0.3, -0.25) is 0 Å². The molecular formula is C7H13Sn. The van der Waals surface area contributed by atoms with Gasteiger partial charge in [-0.05, 0) is 0 Å².